The van der Waals surface area contributed by atoms with Gasteiger partial charge in [-0.2, -0.15) is 0 Å². The van der Waals surface area contributed by atoms with Crippen molar-refractivity contribution in [2.75, 3.05) is 31.1 Å². The molecule has 4 aromatic rings. The van der Waals surface area contributed by atoms with Crippen LogP contribution in [-0.4, -0.2) is 59.4 Å². The van der Waals surface area contributed by atoms with Crippen LogP contribution in [0.5, 0.6) is 5.75 Å². The molecule has 0 aliphatic carbocycles. The third-order valence-corrected chi connectivity index (χ3v) is 7.89. The molecule has 1 saturated heterocycles. The molecular formula is C30H32ClN3O2. The Morgan fingerprint density at radius 2 is 1.81 bits per heavy atom. The highest BCUT2D eigenvalue weighted by atomic mass is 35.5. The Morgan fingerprint density at radius 3 is 2.67 bits per heavy atom. The van der Waals surface area contributed by atoms with E-state index in [1.807, 2.05) is 25.1 Å². The molecule has 5 nitrogen and oxygen atoms in total. The molecule has 3 aliphatic heterocycles. The first-order chi connectivity index (χ1) is 17.5. The molecule has 4 heterocycles. The first-order valence-corrected chi connectivity index (χ1v) is 13.2. The topological polar surface area (TPSA) is 51.7 Å². The summed E-state index contributed by atoms with van der Waals surface area (Å²) in [6.07, 6.45) is 6.06. The lowest BCUT2D eigenvalue weighted by Crippen LogP contribution is -2.60. The van der Waals surface area contributed by atoms with E-state index in [0.29, 0.717) is 23.7 Å². The normalized spacial score (nSPS) is 21.1. The Kier molecular flexibility index (Phi) is 6.38. The highest BCUT2D eigenvalue weighted by Crippen LogP contribution is 2.33. The Morgan fingerprint density at radius 1 is 1.00 bits per heavy atom. The summed E-state index contributed by atoms with van der Waals surface area (Å²) in [5, 5.41) is 15.1. The second-order valence-electron chi connectivity index (χ2n) is 10.1. The Labute approximate surface area is 216 Å². The van der Waals surface area contributed by atoms with Crippen LogP contribution < -0.4 is 9.64 Å². The third kappa shape index (κ3) is 4.59. The molecule has 36 heavy (non-hydrogen) atoms. The maximum absolute atomic E-state index is 11.0. The molecule has 1 fully saturated rings. The number of aliphatic hydroxyl groups is 1. The molecule has 3 unspecified atom stereocenters. The summed E-state index contributed by atoms with van der Waals surface area (Å²) >= 11 is 6.33. The van der Waals surface area contributed by atoms with Crippen LogP contribution >= 0.6 is 11.6 Å². The van der Waals surface area contributed by atoms with Gasteiger partial charge in [-0.3, -0.25) is 4.90 Å². The second kappa shape index (κ2) is 9.81. The van der Waals surface area contributed by atoms with Gasteiger partial charge in [-0.15, -0.1) is 0 Å². The molecule has 0 saturated carbocycles. The number of hydrogen-bond donors (Lipinski definition) is 2. The number of H-pyrrole nitrogens is 1. The van der Waals surface area contributed by atoms with Gasteiger partial charge in [0.1, 0.15) is 18.5 Å². The molecule has 7 rings (SSSR count). The smallest absolute Gasteiger partial charge is 0.128 e. The Hall–Kier alpha value is -2.99. The quantitative estimate of drug-likeness (QED) is 0.321. The minimum Gasteiger partial charge on any atom is -0.490 e. The number of benzene rings is 3. The third-order valence-electron chi connectivity index (χ3n) is 7.57. The van der Waals surface area contributed by atoms with Gasteiger partial charge in [-0.1, -0.05) is 54.1 Å². The van der Waals surface area contributed by atoms with Crippen LogP contribution in [0.1, 0.15) is 18.5 Å². The molecule has 1 aromatic heterocycles. The van der Waals surface area contributed by atoms with E-state index in [1.54, 1.807) is 0 Å². The fraction of sp³-hybridized carbons (Fsp3) is 0.333. The molecule has 3 atom stereocenters. The first kappa shape index (κ1) is 23.4. The molecule has 3 aliphatic rings. The van der Waals surface area contributed by atoms with E-state index >= 15 is 0 Å². The number of nitrogens with zero attached hydrogens (tertiary/aromatic N) is 2. The van der Waals surface area contributed by atoms with Gasteiger partial charge in [-0.05, 0) is 60.9 Å². The van der Waals surface area contributed by atoms with Crippen molar-refractivity contribution in [2.45, 2.75) is 38.0 Å². The van der Waals surface area contributed by atoms with Crippen LogP contribution in [0.15, 0.2) is 72.8 Å². The van der Waals surface area contributed by atoms with Gasteiger partial charge in [0, 0.05) is 48.5 Å². The van der Waals surface area contributed by atoms with Gasteiger partial charge in [0.25, 0.3) is 0 Å². The van der Waals surface area contributed by atoms with Crippen molar-refractivity contribution in [3.05, 3.63) is 83.5 Å². The summed E-state index contributed by atoms with van der Waals surface area (Å²) < 4.78 is 6.08. The summed E-state index contributed by atoms with van der Waals surface area (Å²) in [6, 6.07) is 21.8. The lowest BCUT2D eigenvalue weighted by atomic mass is 9.96. The summed E-state index contributed by atoms with van der Waals surface area (Å²) in [5.74, 6) is 0.748. The molecule has 0 radical (unpaired) electrons. The highest BCUT2D eigenvalue weighted by Gasteiger charge is 2.35. The van der Waals surface area contributed by atoms with E-state index in [-0.39, 0.29) is 6.61 Å². The molecule has 3 aromatic carbocycles. The molecule has 6 heteroatoms. The maximum Gasteiger partial charge on any atom is 0.128 e. The number of ether oxygens (including phenoxy) is 1. The van der Waals surface area contributed by atoms with E-state index in [0.717, 1.165) is 48.3 Å². The number of aryl methyl sites for hydroxylation is 1. The predicted octanol–water partition coefficient (Wildman–Crippen LogP) is 5.93. The van der Waals surface area contributed by atoms with Gasteiger partial charge in [0.15, 0.2) is 0 Å². The van der Waals surface area contributed by atoms with Crippen LogP contribution in [0.2, 0.25) is 5.02 Å². The van der Waals surface area contributed by atoms with Crippen molar-refractivity contribution in [3.63, 3.8) is 0 Å². The van der Waals surface area contributed by atoms with Crippen LogP contribution in [0, 0.1) is 6.92 Å². The average Bonchev–Trinajstić information content (AvgIpc) is 3.27. The molecule has 0 amide bonds. The van der Waals surface area contributed by atoms with Crippen LogP contribution in [0.4, 0.5) is 5.69 Å². The number of hydrogen-bond acceptors (Lipinski definition) is 4. The number of aromatic amines is 1. The van der Waals surface area contributed by atoms with Crippen molar-refractivity contribution in [2.24, 2.45) is 0 Å². The van der Waals surface area contributed by atoms with E-state index in [1.165, 1.54) is 16.5 Å². The SMILES string of the molecule is Cc1cc2c(OCC(O)CN3CC4CC=CCC3CN4c3ccc4ccccc4c3)ccc(Cl)c2[nH]1. The summed E-state index contributed by atoms with van der Waals surface area (Å²) in [7, 11) is 0. The Bertz CT molecular complexity index is 1410. The van der Waals surface area contributed by atoms with Crippen LogP contribution in [-0.2, 0) is 0 Å². The van der Waals surface area contributed by atoms with Crippen LogP contribution in [0.25, 0.3) is 21.7 Å². The summed E-state index contributed by atoms with van der Waals surface area (Å²) in [5.41, 5.74) is 3.20. The van der Waals surface area contributed by atoms with Gasteiger partial charge >= 0.3 is 0 Å². The maximum atomic E-state index is 11.0. The number of halogens is 1. The van der Waals surface area contributed by atoms with Gasteiger partial charge < -0.3 is 19.7 Å². The highest BCUT2D eigenvalue weighted by molar-refractivity contribution is 6.35. The number of aliphatic hydroxyl groups excluding tert-OH is 1. The lowest BCUT2D eigenvalue weighted by Gasteiger charge is -2.48. The molecule has 2 N–H and O–H groups in total. The van der Waals surface area contributed by atoms with E-state index < -0.39 is 6.10 Å². The van der Waals surface area contributed by atoms with Gasteiger partial charge in [-0.25, -0.2) is 0 Å². The van der Waals surface area contributed by atoms with E-state index in [2.05, 4.69) is 69.4 Å². The van der Waals surface area contributed by atoms with Crippen molar-refractivity contribution in [3.8, 4) is 5.75 Å². The number of piperazine rings is 1. The first-order valence-electron chi connectivity index (χ1n) is 12.8. The number of aromatic nitrogens is 1. The largest absolute Gasteiger partial charge is 0.490 e. The van der Waals surface area contributed by atoms with E-state index in [4.69, 9.17) is 16.3 Å². The average molecular weight is 502 g/mol. The zero-order chi connectivity index (χ0) is 24.6. The van der Waals surface area contributed by atoms with E-state index in [9.17, 15) is 5.11 Å². The fourth-order valence-corrected chi connectivity index (χ4v) is 5.98. The summed E-state index contributed by atoms with van der Waals surface area (Å²) in [6.45, 7) is 4.74. The van der Waals surface area contributed by atoms with Gasteiger partial charge in [0.2, 0.25) is 0 Å². The molecule has 186 valence electrons. The van der Waals surface area contributed by atoms with Crippen LogP contribution in [0.3, 0.4) is 0 Å². The second-order valence-corrected chi connectivity index (χ2v) is 10.5. The number of rotatable bonds is 6. The minimum atomic E-state index is -0.574. The van der Waals surface area contributed by atoms with Crippen molar-refractivity contribution >= 4 is 39.0 Å². The van der Waals surface area contributed by atoms with Crippen molar-refractivity contribution in [1.82, 2.24) is 9.88 Å². The number of anilines is 1. The fourth-order valence-electron chi connectivity index (χ4n) is 5.77. The predicted molar refractivity (Wildman–Crippen MR) is 148 cm³/mol. The monoisotopic (exact) mass is 501 g/mol. The molecular weight excluding hydrogens is 470 g/mol. The van der Waals surface area contributed by atoms with Gasteiger partial charge in [0.05, 0.1) is 10.5 Å². The Balaban J connectivity index is 1.14. The lowest BCUT2D eigenvalue weighted by molar-refractivity contribution is 0.0409. The zero-order valence-electron chi connectivity index (χ0n) is 20.5. The van der Waals surface area contributed by atoms with Crippen molar-refractivity contribution in [1.29, 1.82) is 0 Å². The zero-order valence-corrected chi connectivity index (χ0v) is 21.3. The van der Waals surface area contributed by atoms with Crippen molar-refractivity contribution < 1.29 is 9.84 Å². The standard InChI is InChI=1S/C30H32ClN3O2/c1-20-14-27-29(13-12-28(31)30(27)32-20)36-19-26(35)18-33-16-25-9-5-4-8-24(33)17-34(25)23-11-10-21-6-2-3-7-22(21)15-23/h2-7,10-15,24-26,32,35H,8-9,16-19H2,1H3. The molecule has 2 bridgehead atoms. The number of fused-ring (bicyclic) bond motifs is 6. The summed E-state index contributed by atoms with van der Waals surface area (Å²) in [4.78, 5) is 8.31. The minimum absolute atomic E-state index is 0.249. The number of nitrogens with one attached hydrogen (secondary N) is 1. The molecule has 0 spiro atoms.